The van der Waals surface area contributed by atoms with Gasteiger partial charge < -0.3 is 11.1 Å². The predicted octanol–water partition coefficient (Wildman–Crippen LogP) is 2.26. The van der Waals surface area contributed by atoms with E-state index in [0.717, 1.165) is 33.6 Å². The van der Waals surface area contributed by atoms with Crippen LogP contribution in [0, 0.1) is 3.57 Å². The highest BCUT2D eigenvalue weighted by molar-refractivity contribution is 14.1. The van der Waals surface area contributed by atoms with Crippen LogP contribution in [-0.2, 0) is 13.5 Å². The summed E-state index contributed by atoms with van der Waals surface area (Å²) in [4.78, 5) is 0. The summed E-state index contributed by atoms with van der Waals surface area (Å²) in [5.41, 5.74) is 8.78. The fourth-order valence-corrected chi connectivity index (χ4v) is 2.13. The number of halogens is 1. The molecule has 3 N–H and O–H groups in total. The molecule has 4 nitrogen and oxygen atoms in total. The summed E-state index contributed by atoms with van der Waals surface area (Å²) >= 11 is 2.25. The molecule has 0 spiro atoms. The van der Waals surface area contributed by atoms with Gasteiger partial charge in [0.1, 0.15) is 0 Å². The monoisotopic (exact) mass is 342 g/mol. The van der Waals surface area contributed by atoms with Crippen LogP contribution in [0.2, 0.25) is 0 Å². The van der Waals surface area contributed by atoms with Crippen molar-refractivity contribution in [1.29, 1.82) is 0 Å². The van der Waals surface area contributed by atoms with E-state index in [9.17, 15) is 0 Å². The van der Waals surface area contributed by atoms with Gasteiger partial charge in [0.2, 0.25) is 0 Å². The van der Waals surface area contributed by atoms with Crippen molar-refractivity contribution in [3.8, 4) is 0 Å². The quantitative estimate of drug-likeness (QED) is 0.662. The molecule has 1 heterocycles. The van der Waals surface area contributed by atoms with Crippen LogP contribution in [-0.4, -0.2) is 16.3 Å². The van der Waals surface area contributed by atoms with E-state index in [1.165, 1.54) is 0 Å². The van der Waals surface area contributed by atoms with Crippen LogP contribution < -0.4 is 11.1 Å². The first-order valence-electron chi connectivity index (χ1n) is 5.42. The number of hydrogen-bond acceptors (Lipinski definition) is 3. The third-order valence-electron chi connectivity index (χ3n) is 2.48. The first kappa shape index (κ1) is 12.2. The van der Waals surface area contributed by atoms with Crippen LogP contribution in [0.1, 0.15) is 5.69 Å². The minimum absolute atomic E-state index is 0.790. The molecule has 0 fully saturated rings. The molecule has 0 bridgehead atoms. The molecule has 0 atom stereocenters. The average Bonchev–Trinajstić information content (AvgIpc) is 2.68. The smallest absolute Gasteiger partial charge is 0.0642 e. The van der Waals surface area contributed by atoms with E-state index >= 15 is 0 Å². The van der Waals surface area contributed by atoms with Crippen molar-refractivity contribution in [3.05, 3.63) is 39.7 Å². The number of rotatable bonds is 4. The molecule has 2 rings (SSSR count). The molecule has 0 aliphatic rings. The van der Waals surface area contributed by atoms with E-state index in [1.54, 1.807) is 0 Å². The molecule has 1 aromatic carbocycles. The van der Waals surface area contributed by atoms with Crippen LogP contribution in [0.4, 0.5) is 11.4 Å². The summed E-state index contributed by atoms with van der Waals surface area (Å²) < 4.78 is 2.96. The first-order valence-corrected chi connectivity index (χ1v) is 6.50. The minimum Gasteiger partial charge on any atom is -0.397 e. The van der Waals surface area contributed by atoms with E-state index in [-0.39, 0.29) is 0 Å². The standard InChI is InChI=1S/C12H15IN4/c1-17-7-5-10(16-17)4-6-15-12-3-2-9(13)8-11(12)14/h2-3,5,7-8,15H,4,6,14H2,1H3. The Morgan fingerprint density at radius 2 is 2.24 bits per heavy atom. The van der Waals surface area contributed by atoms with Gasteiger partial charge in [-0.05, 0) is 46.9 Å². The second kappa shape index (κ2) is 5.39. The van der Waals surface area contributed by atoms with Crippen LogP contribution in [0.25, 0.3) is 0 Å². The maximum absolute atomic E-state index is 5.92. The van der Waals surface area contributed by atoms with Crippen molar-refractivity contribution in [3.63, 3.8) is 0 Å². The van der Waals surface area contributed by atoms with Crippen molar-refractivity contribution in [2.45, 2.75) is 6.42 Å². The number of aryl methyl sites for hydroxylation is 1. The lowest BCUT2D eigenvalue weighted by Crippen LogP contribution is -2.07. The molecular weight excluding hydrogens is 327 g/mol. The van der Waals surface area contributed by atoms with Crippen LogP contribution in [0.5, 0.6) is 0 Å². The SMILES string of the molecule is Cn1ccc(CCNc2ccc(I)cc2N)n1. The minimum atomic E-state index is 0.790. The molecule has 0 saturated heterocycles. The maximum atomic E-state index is 5.92. The van der Waals surface area contributed by atoms with Crippen molar-refractivity contribution in [1.82, 2.24) is 9.78 Å². The van der Waals surface area contributed by atoms with Gasteiger partial charge >= 0.3 is 0 Å². The number of nitrogens with two attached hydrogens (primary N) is 1. The van der Waals surface area contributed by atoms with Gasteiger partial charge in [0.15, 0.2) is 0 Å². The van der Waals surface area contributed by atoms with Gasteiger partial charge in [-0.1, -0.05) is 0 Å². The lowest BCUT2D eigenvalue weighted by Gasteiger charge is -2.08. The Bertz CT molecular complexity index is 507. The summed E-state index contributed by atoms with van der Waals surface area (Å²) in [6, 6.07) is 8.04. The molecule has 0 radical (unpaired) electrons. The zero-order chi connectivity index (χ0) is 12.3. The van der Waals surface area contributed by atoms with Gasteiger partial charge in [0.25, 0.3) is 0 Å². The van der Waals surface area contributed by atoms with Crippen molar-refractivity contribution in [2.24, 2.45) is 7.05 Å². The first-order chi connectivity index (χ1) is 8.15. The molecule has 5 heteroatoms. The molecule has 17 heavy (non-hydrogen) atoms. The van der Waals surface area contributed by atoms with Gasteiger partial charge in [-0.3, -0.25) is 4.68 Å². The Kier molecular flexibility index (Phi) is 3.88. The molecule has 0 aliphatic heterocycles. The largest absolute Gasteiger partial charge is 0.397 e. The Labute approximate surface area is 114 Å². The fourth-order valence-electron chi connectivity index (χ4n) is 1.62. The Morgan fingerprint density at radius 3 is 2.88 bits per heavy atom. The van der Waals surface area contributed by atoms with Gasteiger partial charge in [-0.25, -0.2) is 0 Å². The van der Waals surface area contributed by atoms with Crippen LogP contribution in [0.3, 0.4) is 0 Å². The van der Waals surface area contributed by atoms with E-state index < -0.39 is 0 Å². The van der Waals surface area contributed by atoms with Gasteiger partial charge in [0.05, 0.1) is 17.1 Å². The summed E-state index contributed by atoms with van der Waals surface area (Å²) in [5, 5.41) is 7.64. The molecule has 2 aromatic rings. The number of hydrogen-bond donors (Lipinski definition) is 2. The fraction of sp³-hybridized carbons (Fsp3) is 0.250. The Morgan fingerprint density at radius 1 is 1.41 bits per heavy atom. The number of benzene rings is 1. The number of nitrogens with one attached hydrogen (secondary N) is 1. The Balaban J connectivity index is 1.90. The van der Waals surface area contributed by atoms with E-state index in [4.69, 9.17) is 5.73 Å². The maximum Gasteiger partial charge on any atom is 0.0642 e. The van der Waals surface area contributed by atoms with Crippen LogP contribution >= 0.6 is 22.6 Å². The summed E-state index contributed by atoms with van der Waals surface area (Å²) in [6.07, 6.45) is 2.85. The number of aromatic nitrogens is 2. The highest BCUT2D eigenvalue weighted by atomic mass is 127. The second-order valence-electron chi connectivity index (χ2n) is 3.89. The van der Waals surface area contributed by atoms with Crippen LogP contribution in [0.15, 0.2) is 30.5 Å². The van der Waals surface area contributed by atoms with E-state index in [1.807, 2.05) is 42.2 Å². The van der Waals surface area contributed by atoms with Gasteiger partial charge in [0, 0.05) is 29.8 Å². The van der Waals surface area contributed by atoms with E-state index in [0.29, 0.717) is 0 Å². The molecular formula is C12H15IN4. The number of nitrogen functional groups attached to an aromatic ring is 1. The predicted molar refractivity (Wildman–Crippen MR) is 79.0 cm³/mol. The summed E-state index contributed by atoms with van der Waals surface area (Å²) in [7, 11) is 1.92. The van der Waals surface area contributed by atoms with Gasteiger partial charge in [-0.2, -0.15) is 5.10 Å². The lowest BCUT2D eigenvalue weighted by molar-refractivity contribution is 0.742. The zero-order valence-electron chi connectivity index (χ0n) is 9.65. The Hall–Kier alpha value is -1.24. The third kappa shape index (κ3) is 3.36. The average molecular weight is 342 g/mol. The number of nitrogens with zero attached hydrogens (tertiary/aromatic N) is 2. The van der Waals surface area contributed by atoms with Crippen molar-refractivity contribution < 1.29 is 0 Å². The topological polar surface area (TPSA) is 55.9 Å². The van der Waals surface area contributed by atoms with Crippen molar-refractivity contribution in [2.75, 3.05) is 17.6 Å². The highest BCUT2D eigenvalue weighted by Crippen LogP contribution is 2.20. The highest BCUT2D eigenvalue weighted by Gasteiger charge is 2.00. The molecule has 0 saturated carbocycles. The van der Waals surface area contributed by atoms with Crippen molar-refractivity contribution >= 4 is 34.0 Å². The molecule has 1 aromatic heterocycles. The normalized spacial score (nSPS) is 10.5. The molecule has 90 valence electrons. The lowest BCUT2D eigenvalue weighted by atomic mass is 10.2. The third-order valence-corrected chi connectivity index (χ3v) is 3.15. The van der Waals surface area contributed by atoms with E-state index in [2.05, 4.69) is 33.0 Å². The summed E-state index contributed by atoms with van der Waals surface area (Å²) in [5.74, 6) is 0. The summed E-state index contributed by atoms with van der Waals surface area (Å²) in [6.45, 7) is 0.835. The second-order valence-corrected chi connectivity index (χ2v) is 5.13. The van der Waals surface area contributed by atoms with Gasteiger partial charge in [-0.15, -0.1) is 0 Å². The molecule has 0 aliphatic carbocycles. The molecule has 0 amide bonds. The zero-order valence-corrected chi connectivity index (χ0v) is 11.8. The molecule has 0 unspecified atom stereocenters. The number of anilines is 2.